The van der Waals surface area contributed by atoms with Crippen LogP contribution in [0.2, 0.25) is 0 Å². The number of hydrogen-bond acceptors (Lipinski definition) is 3. The minimum Gasteiger partial charge on any atom is -0.379 e. The van der Waals surface area contributed by atoms with Crippen LogP contribution in [0.1, 0.15) is 0 Å². The molecule has 1 fully saturated rings. The lowest BCUT2D eigenvalue weighted by molar-refractivity contribution is -0.117. The van der Waals surface area contributed by atoms with Crippen LogP contribution < -0.4 is 5.73 Å². The van der Waals surface area contributed by atoms with Gasteiger partial charge in [0.05, 0.1) is 13.2 Å². The predicted octanol–water partition coefficient (Wildman–Crippen LogP) is -1.03. The summed E-state index contributed by atoms with van der Waals surface area (Å²) in [5, 5.41) is 0. The smallest absolute Gasteiger partial charge is 0.236 e. The van der Waals surface area contributed by atoms with Gasteiger partial charge in [-0.2, -0.15) is 0 Å². The van der Waals surface area contributed by atoms with Crippen LogP contribution in [0.4, 0.5) is 0 Å². The molecule has 1 heterocycles. The van der Waals surface area contributed by atoms with Crippen LogP contribution in [-0.2, 0) is 9.53 Å². The van der Waals surface area contributed by atoms with E-state index in [4.69, 9.17) is 10.5 Å². The molecule has 1 amide bonds. The Morgan fingerprint density at radius 3 is 2.60 bits per heavy atom. The number of rotatable bonds is 2. The molecule has 4 nitrogen and oxygen atoms in total. The van der Waals surface area contributed by atoms with Crippen LogP contribution in [0, 0.1) is 6.54 Å². The number of primary amides is 1. The topological polar surface area (TPSA) is 55.6 Å². The van der Waals surface area contributed by atoms with Crippen molar-refractivity contribution in [1.82, 2.24) is 4.90 Å². The van der Waals surface area contributed by atoms with E-state index in [1.807, 2.05) is 4.90 Å². The van der Waals surface area contributed by atoms with Gasteiger partial charge in [0.15, 0.2) is 0 Å². The van der Waals surface area contributed by atoms with Gasteiger partial charge < -0.3 is 10.5 Å². The maximum absolute atomic E-state index is 10.4. The zero-order valence-corrected chi connectivity index (χ0v) is 5.75. The minimum atomic E-state index is -0.387. The molecule has 0 aromatic rings. The molecule has 0 aromatic carbocycles. The summed E-state index contributed by atoms with van der Waals surface area (Å²) < 4.78 is 5.07. The van der Waals surface area contributed by atoms with E-state index in [9.17, 15) is 4.79 Å². The van der Waals surface area contributed by atoms with E-state index < -0.39 is 0 Å². The molecule has 0 aliphatic carbocycles. The van der Waals surface area contributed by atoms with Crippen molar-refractivity contribution in [2.75, 3.05) is 26.3 Å². The summed E-state index contributed by atoms with van der Waals surface area (Å²) in [6, 6.07) is 0. The molecule has 1 saturated heterocycles. The van der Waals surface area contributed by atoms with Crippen molar-refractivity contribution in [2.24, 2.45) is 5.73 Å². The second-order valence-electron chi connectivity index (χ2n) is 2.18. The first-order chi connectivity index (χ1) is 4.79. The Kier molecular flexibility index (Phi) is 2.65. The van der Waals surface area contributed by atoms with Gasteiger partial charge in [-0.1, -0.05) is 0 Å². The third-order valence-corrected chi connectivity index (χ3v) is 1.36. The van der Waals surface area contributed by atoms with Crippen LogP contribution in [0.25, 0.3) is 0 Å². The van der Waals surface area contributed by atoms with Crippen molar-refractivity contribution in [3.05, 3.63) is 6.54 Å². The molecule has 10 heavy (non-hydrogen) atoms. The molecule has 1 radical (unpaired) electrons. The Morgan fingerprint density at radius 1 is 1.50 bits per heavy atom. The summed E-state index contributed by atoms with van der Waals surface area (Å²) >= 11 is 0. The molecule has 57 valence electrons. The number of carbonyl (C=O) groups is 1. The van der Waals surface area contributed by atoms with Crippen molar-refractivity contribution in [3.63, 3.8) is 0 Å². The molecule has 0 saturated carbocycles. The number of nitrogens with two attached hydrogens (primary N) is 1. The molecule has 0 bridgehead atoms. The summed E-state index contributed by atoms with van der Waals surface area (Å²) in [6.45, 7) is 4.32. The Labute approximate surface area is 59.9 Å². The van der Waals surface area contributed by atoms with E-state index in [2.05, 4.69) is 0 Å². The third kappa shape index (κ3) is 2.33. The van der Waals surface area contributed by atoms with E-state index in [1.165, 1.54) is 6.54 Å². The zero-order valence-electron chi connectivity index (χ0n) is 5.75. The van der Waals surface area contributed by atoms with Crippen LogP contribution in [0.5, 0.6) is 0 Å². The SMILES string of the molecule is NC(=O)[CH]N1CCOCC1. The molecule has 0 spiro atoms. The summed E-state index contributed by atoms with van der Waals surface area (Å²) in [6.07, 6.45) is 0. The van der Waals surface area contributed by atoms with Crippen LogP contribution in [0.3, 0.4) is 0 Å². The highest BCUT2D eigenvalue weighted by Gasteiger charge is 2.11. The van der Waals surface area contributed by atoms with Crippen LogP contribution in [-0.4, -0.2) is 37.1 Å². The Morgan fingerprint density at radius 2 is 2.10 bits per heavy atom. The fourth-order valence-electron chi connectivity index (χ4n) is 0.887. The fourth-order valence-corrected chi connectivity index (χ4v) is 0.887. The lowest BCUT2D eigenvalue weighted by Crippen LogP contribution is -2.37. The van der Waals surface area contributed by atoms with Gasteiger partial charge in [0.2, 0.25) is 5.91 Å². The number of morpholine rings is 1. The summed E-state index contributed by atoms with van der Waals surface area (Å²) in [7, 11) is 0. The quantitative estimate of drug-likeness (QED) is 0.537. The number of hydrogen-bond donors (Lipinski definition) is 1. The lowest BCUT2D eigenvalue weighted by atomic mass is 10.4. The van der Waals surface area contributed by atoms with Crippen molar-refractivity contribution in [3.8, 4) is 0 Å². The summed E-state index contributed by atoms with van der Waals surface area (Å²) in [4.78, 5) is 12.2. The van der Waals surface area contributed by atoms with E-state index in [-0.39, 0.29) is 5.91 Å². The van der Waals surface area contributed by atoms with Gasteiger partial charge in [-0.15, -0.1) is 0 Å². The van der Waals surface area contributed by atoms with Crippen molar-refractivity contribution in [2.45, 2.75) is 0 Å². The summed E-state index contributed by atoms with van der Waals surface area (Å²) in [5.74, 6) is -0.387. The van der Waals surface area contributed by atoms with Gasteiger partial charge in [0, 0.05) is 13.1 Å². The standard InChI is InChI=1S/C6H11N2O2/c7-6(9)5-8-1-3-10-4-2-8/h5H,1-4H2,(H2,7,9). The second-order valence-corrected chi connectivity index (χ2v) is 2.18. The molecule has 1 aliphatic heterocycles. The van der Waals surface area contributed by atoms with Gasteiger partial charge in [0.25, 0.3) is 0 Å². The van der Waals surface area contributed by atoms with Crippen molar-refractivity contribution in [1.29, 1.82) is 0 Å². The third-order valence-electron chi connectivity index (χ3n) is 1.36. The van der Waals surface area contributed by atoms with E-state index in [0.717, 1.165) is 13.1 Å². The normalized spacial score (nSPS) is 20.8. The molecule has 0 aromatic heterocycles. The van der Waals surface area contributed by atoms with Gasteiger partial charge in [-0.25, -0.2) is 0 Å². The fraction of sp³-hybridized carbons (Fsp3) is 0.667. The number of ether oxygens (including phenoxy) is 1. The maximum atomic E-state index is 10.4. The van der Waals surface area contributed by atoms with Gasteiger partial charge in [-0.05, 0) is 0 Å². The van der Waals surface area contributed by atoms with E-state index in [0.29, 0.717) is 13.2 Å². The van der Waals surface area contributed by atoms with Crippen molar-refractivity contribution < 1.29 is 9.53 Å². The minimum absolute atomic E-state index is 0.387. The largest absolute Gasteiger partial charge is 0.379 e. The molecule has 4 heteroatoms. The monoisotopic (exact) mass is 143 g/mol. The molecule has 0 unspecified atom stereocenters. The summed E-state index contributed by atoms with van der Waals surface area (Å²) in [5.41, 5.74) is 4.95. The van der Waals surface area contributed by atoms with E-state index in [1.54, 1.807) is 0 Å². The van der Waals surface area contributed by atoms with Gasteiger partial charge >= 0.3 is 0 Å². The average Bonchev–Trinajstić information content (AvgIpc) is 1.88. The molecule has 0 atom stereocenters. The van der Waals surface area contributed by atoms with Crippen molar-refractivity contribution >= 4 is 5.91 Å². The number of carbonyl (C=O) groups excluding carboxylic acids is 1. The van der Waals surface area contributed by atoms with Gasteiger partial charge in [-0.3, -0.25) is 9.69 Å². The number of amides is 1. The Bertz CT molecular complexity index is 121. The maximum Gasteiger partial charge on any atom is 0.236 e. The van der Waals surface area contributed by atoms with Gasteiger partial charge in [0.1, 0.15) is 6.54 Å². The molecular formula is C6H11N2O2. The zero-order chi connectivity index (χ0) is 7.40. The highest BCUT2D eigenvalue weighted by molar-refractivity contribution is 5.82. The second kappa shape index (κ2) is 3.53. The molecule has 2 N–H and O–H groups in total. The Balaban J connectivity index is 2.19. The first-order valence-corrected chi connectivity index (χ1v) is 3.25. The molecule has 1 rings (SSSR count). The lowest BCUT2D eigenvalue weighted by Gasteiger charge is -2.24. The first kappa shape index (κ1) is 7.50. The van der Waals surface area contributed by atoms with Crippen LogP contribution in [0.15, 0.2) is 0 Å². The average molecular weight is 143 g/mol. The molecular weight excluding hydrogens is 132 g/mol. The van der Waals surface area contributed by atoms with Crippen LogP contribution >= 0.6 is 0 Å². The Hall–Kier alpha value is -0.610. The first-order valence-electron chi connectivity index (χ1n) is 3.25. The highest BCUT2D eigenvalue weighted by atomic mass is 16.5. The predicted molar refractivity (Wildman–Crippen MR) is 35.9 cm³/mol. The molecule has 1 aliphatic rings. The highest BCUT2D eigenvalue weighted by Crippen LogP contribution is 1.97. The number of nitrogens with zero attached hydrogens (tertiary/aromatic N) is 1. The van der Waals surface area contributed by atoms with E-state index >= 15 is 0 Å².